The van der Waals surface area contributed by atoms with E-state index in [4.69, 9.17) is 0 Å². The van der Waals surface area contributed by atoms with Crippen LogP contribution in [0, 0.1) is 0 Å². The van der Waals surface area contributed by atoms with E-state index in [9.17, 15) is 5.11 Å². The van der Waals surface area contributed by atoms with Crippen molar-refractivity contribution in [1.82, 2.24) is 10.3 Å². The van der Waals surface area contributed by atoms with Gasteiger partial charge in [-0.05, 0) is 48.5 Å². The first kappa shape index (κ1) is 14.0. The highest BCUT2D eigenvalue weighted by molar-refractivity contribution is 9.10. The Kier molecular flexibility index (Phi) is 5.75. The van der Waals surface area contributed by atoms with Gasteiger partial charge in [0.2, 0.25) is 0 Å². The smallest absolute Gasteiger partial charge is 0.110 e. The van der Waals surface area contributed by atoms with Gasteiger partial charge >= 0.3 is 0 Å². The Morgan fingerprint density at radius 3 is 2.94 bits per heavy atom. The minimum Gasteiger partial charge on any atom is -0.394 e. The molecule has 0 spiro atoms. The van der Waals surface area contributed by atoms with Crippen LogP contribution < -0.4 is 5.32 Å². The van der Waals surface area contributed by atoms with E-state index in [0.29, 0.717) is 0 Å². The van der Waals surface area contributed by atoms with Gasteiger partial charge in [0, 0.05) is 22.0 Å². The minimum absolute atomic E-state index is 0.146. The van der Waals surface area contributed by atoms with Crippen molar-refractivity contribution in [1.29, 1.82) is 0 Å². The van der Waals surface area contributed by atoms with Gasteiger partial charge in [0.05, 0.1) is 6.61 Å². The van der Waals surface area contributed by atoms with Crippen molar-refractivity contribution in [2.24, 2.45) is 0 Å². The van der Waals surface area contributed by atoms with E-state index in [0.717, 1.165) is 21.7 Å². The van der Waals surface area contributed by atoms with Crippen molar-refractivity contribution >= 4 is 27.7 Å². The molecule has 0 amide bonds. The lowest BCUT2D eigenvalue weighted by Gasteiger charge is -2.26. The molecule has 16 heavy (non-hydrogen) atoms. The Morgan fingerprint density at radius 1 is 1.62 bits per heavy atom. The summed E-state index contributed by atoms with van der Waals surface area (Å²) >= 11 is 5.16. The molecule has 1 heterocycles. The van der Waals surface area contributed by atoms with Crippen LogP contribution in [0.5, 0.6) is 0 Å². The van der Waals surface area contributed by atoms with Crippen LogP contribution in [0.15, 0.2) is 27.8 Å². The fourth-order valence-corrected chi connectivity index (χ4v) is 2.82. The summed E-state index contributed by atoms with van der Waals surface area (Å²) in [5.74, 6) is 0.924. The quantitative estimate of drug-likeness (QED) is 0.792. The summed E-state index contributed by atoms with van der Waals surface area (Å²) in [7, 11) is 1.87. The number of hydrogen-bond acceptors (Lipinski definition) is 4. The van der Waals surface area contributed by atoms with Gasteiger partial charge in [0.1, 0.15) is 5.03 Å². The molecule has 0 fully saturated rings. The second-order valence-electron chi connectivity index (χ2n) is 3.86. The normalized spacial score (nSPS) is 14.8. The third-order valence-corrected chi connectivity index (χ3v) is 4.48. The zero-order valence-electron chi connectivity index (χ0n) is 9.53. The van der Waals surface area contributed by atoms with Crippen LogP contribution in [0.4, 0.5) is 0 Å². The van der Waals surface area contributed by atoms with Gasteiger partial charge in [-0.3, -0.25) is 0 Å². The molecule has 0 radical (unpaired) electrons. The lowest BCUT2D eigenvalue weighted by atomic mass is 10.0. The molecule has 0 saturated heterocycles. The van der Waals surface area contributed by atoms with Crippen molar-refractivity contribution in [2.75, 3.05) is 19.4 Å². The molecule has 1 atom stereocenters. The molecule has 1 unspecified atom stereocenters. The van der Waals surface area contributed by atoms with Gasteiger partial charge in [0.15, 0.2) is 0 Å². The maximum Gasteiger partial charge on any atom is 0.110 e. The third kappa shape index (κ3) is 4.05. The maximum absolute atomic E-state index is 9.24. The van der Waals surface area contributed by atoms with Crippen LogP contribution in [-0.2, 0) is 0 Å². The standard InChI is InChI=1S/C11H17BrN2OS/c1-11(8-15,13-2)5-7-16-10-9(12)4-3-6-14-10/h3-4,6,13,15H,5,7-8H2,1-2H3. The molecule has 0 aliphatic rings. The number of pyridine rings is 1. The number of aromatic nitrogens is 1. The van der Waals surface area contributed by atoms with Gasteiger partial charge in [-0.15, -0.1) is 11.8 Å². The molecule has 2 N–H and O–H groups in total. The molecule has 1 aromatic heterocycles. The van der Waals surface area contributed by atoms with Crippen molar-refractivity contribution in [3.63, 3.8) is 0 Å². The number of halogens is 1. The minimum atomic E-state index is -0.200. The number of aliphatic hydroxyl groups is 1. The van der Waals surface area contributed by atoms with E-state index in [1.807, 2.05) is 26.1 Å². The SMILES string of the molecule is CNC(C)(CO)CCSc1ncccc1Br. The van der Waals surface area contributed by atoms with E-state index in [-0.39, 0.29) is 12.1 Å². The second kappa shape index (κ2) is 6.59. The molecule has 5 heteroatoms. The van der Waals surface area contributed by atoms with Crippen molar-refractivity contribution in [2.45, 2.75) is 23.9 Å². The molecule has 3 nitrogen and oxygen atoms in total. The fraction of sp³-hybridized carbons (Fsp3) is 0.545. The number of aliphatic hydroxyl groups excluding tert-OH is 1. The lowest BCUT2D eigenvalue weighted by molar-refractivity contribution is 0.179. The Balaban J connectivity index is 2.44. The maximum atomic E-state index is 9.24. The summed E-state index contributed by atoms with van der Waals surface area (Å²) in [5, 5.41) is 13.4. The Labute approximate surface area is 109 Å². The Morgan fingerprint density at radius 2 is 2.38 bits per heavy atom. The van der Waals surface area contributed by atoms with Gasteiger partial charge in [-0.1, -0.05) is 0 Å². The number of nitrogens with one attached hydrogen (secondary N) is 1. The van der Waals surface area contributed by atoms with E-state index in [1.54, 1.807) is 18.0 Å². The van der Waals surface area contributed by atoms with E-state index in [1.165, 1.54) is 0 Å². The zero-order valence-corrected chi connectivity index (χ0v) is 11.9. The molecule has 0 saturated carbocycles. The Bertz CT molecular complexity index is 332. The van der Waals surface area contributed by atoms with E-state index < -0.39 is 0 Å². The summed E-state index contributed by atoms with van der Waals surface area (Å²) in [6.07, 6.45) is 2.68. The molecule has 0 bridgehead atoms. The molecule has 1 aromatic rings. The van der Waals surface area contributed by atoms with Crippen LogP contribution in [0.25, 0.3) is 0 Å². The van der Waals surface area contributed by atoms with Gasteiger partial charge in [-0.25, -0.2) is 4.98 Å². The number of nitrogens with zero attached hydrogens (tertiary/aromatic N) is 1. The molecular weight excluding hydrogens is 288 g/mol. The molecule has 0 aromatic carbocycles. The summed E-state index contributed by atoms with van der Waals surface area (Å²) in [6, 6.07) is 3.89. The zero-order chi connectivity index (χ0) is 12.0. The highest BCUT2D eigenvalue weighted by Crippen LogP contribution is 2.26. The van der Waals surface area contributed by atoms with E-state index >= 15 is 0 Å². The number of thioether (sulfide) groups is 1. The first-order valence-corrected chi connectivity index (χ1v) is 6.92. The third-order valence-electron chi connectivity index (χ3n) is 2.57. The molecular formula is C11H17BrN2OS. The summed E-state index contributed by atoms with van der Waals surface area (Å²) in [5.41, 5.74) is -0.200. The van der Waals surface area contributed by atoms with Crippen LogP contribution in [0.2, 0.25) is 0 Å². The number of rotatable bonds is 6. The monoisotopic (exact) mass is 304 g/mol. The molecule has 1 rings (SSSR count). The van der Waals surface area contributed by atoms with Crippen LogP contribution in [0.3, 0.4) is 0 Å². The first-order chi connectivity index (χ1) is 7.61. The van der Waals surface area contributed by atoms with Gasteiger partial charge in [0.25, 0.3) is 0 Å². The Hall–Kier alpha value is -0.100. The molecule has 90 valence electrons. The van der Waals surface area contributed by atoms with Gasteiger partial charge in [-0.2, -0.15) is 0 Å². The second-order valence-corrected chi connectivity index (χ2v) is 5.80. The predicted octanol–water partition coefficient (Wildman–Crippen LogP) is 2.30. The van der Waals surface area contributed by atoms with Crippen molar-refractivity contribution in [3.05, 3.63) is 22.8 Å². The van der Waals surface area contributed by atoms with Crippen molar-refractivity contribution in [3.8, 4) is 0 Å². The average molecular weight is 305 g/mol. The summed E-state index contributed by atoms with van der Waals surface area (Å²) in [4.78, 5) is 4.28. The topological polar surface area (TPSA) is 45.1 Å². The largest absolute Gasteiger partial charge is 0.394 e. The summed E-state index contributed by atoms with van der Waals surface area (Å²) in [6.45, 7) is 2.16. The van der Waals surface area contributed by atoms with Crippen molar-refractivity contribution < 1.29 is 5.11 Å². The average Bonchev–Trinajstić information content (AvgIpc) is 2.31. The number of hydrogen-bond donors (Lipinski definition) is 2. The van der Waals surface area contributed by atoms with Crippen LogP contribution in [-0.4, -0.2) is 35.0 Å². The fourth-order valence-electron chi connectivity index (χ4n) is 1.13. The predicted molar refractivity (Wildman–Crippen MR) is 71.8 cm³/mol. The van der Waals surface area contributed by atoms with Gasteiger partial charge < -0.3 is 10.4 Å². The highest BCUT2D eigenvalue weighted by atomic mass is 79.9. The van der Waals surface area contributed by atoms with Crippen LogP contribution >= 0.6 is 27.7 Å². The van der Waals surface area contributed by atoms with Crippen LogP contribution in [0.1, 0.15) is 13.3 Å². The highest BCUT2D eigenvalue weighted by Gasteiger charge is 2.20. The van der Waals surface area contributed by atoms with E-state index in [2.05, 4.69) is 26.2 Å². The number of likely N-dealkylation sites (N-methyl/N-ethyl adjacent to an activating group) is 1. The molecule has 0 aliphatic carbocycles. The lowest BCUT2D eigenvalue weighted by Crippen LogP contribution is -2.43. The summed E-state index contributed by atoms with van der Waals surface area (Å²) < 4.78 is 1.02. The molecule has 0 aliphatic heterocycles. The first-order valence-electron chi connectivity index (χ1n) is 5.14.